The summed E-state index contributed by atoms with van der Waals surface area (Å²) < 4.78 is 10.9. The summed E-state index contributed by atoms with van der Waals surface area (Å²) in [6.45, 7) is 1.98. The van der Waals surface area contributed by atoms with Gasteiger partial charge in [-0.2, -0.15) is 0 Å². The van der Waals surface area contributed by atoms with Gasteiger partial charge in [0, 0.05) is 5.02 Å². The summed E-state index contributed by atoms with van der Waals surface area (Å²) >= 11 is 13.4. The van der Waals surface area contributed by atoms with Gasteiger partial charge in [-0.15, -0.1) is 0 Å². The van der Waals surface area contributed by atoms with E-state index in [2.05, 4.69) is 0 Å². The summed E-state index contributed by atoms with van der Waals surface area (Å²) in [6, 6.07) is 17.1. The number of nitrogens with zero attached hydrogens (tertiary/aromatic N) is 1. The highest BCUT2D eigenvalue weighted by molar-refractivity contribution is 8.18. The average Bonchev–Trinajstić information content (AvgIpc) is 3.09. The number of aryl methyl sites for hydroxylation is 1. The predicted octanol–water partition coefficient (Wildman–Crippen LogP) is 6.77. The van der Waals surface area contributed by atoms with Crippen LogP contribution in [0.4, 0.5) is 4.79 Å². The molecule has 4 rings (SSSR count). The Kier molecular flexibility index (Phi) is 7.50. The fourth-order valence-corrected chi connectivity index (χ4v) is 4.64. The quantitative estimate of drug-likeness (QED) is 0.200. The van der Waals surface area contributed by atoms with Crippen molar-refractivity contribution in [3.05, 3.63) is 97.9 Å². The Morgan fingerprint density at radius 3 is 2.43 bits per heavy atom. The predicted molar refractivity (Wildman–Crippen MR) is 137 cm³/mol. The molecule has 0 spiro atoms. The van der Waals surface area contributed by atoms with Crippen LogP contribution in [0.3, 0.4) is 0 Å². The molecule has 1 aliphatic rings. The molecule has 0 unspecified atom stereocenters. The molecule has 3 aromatic carbocycles. The van der Waals surface area contributed by atoms with Crippen LogP contribution in [-0.4, -0.2) is 29.1 Å². The van der Waals surface area contributed by atoms with Crippen molar-refractivity contribution in [3.8, 4) is 11.5 Å². The van der Waals surface area contributed by atoms with E-state index < -0.39 is 17.1 Å². The molecule has 1 fully saturated rings. The lowest BCUT2D eigenvalue weighted by Gasteiger charge is -2.13. The van der Waals surface area contributed by atoms with Crippen LogP contribution in [0.5, 0.6) is 11.5 Å². The first-order chi connectivity index (χ1) is 16.8. The molecule has 1 aliphatic heterocycles. The molecule has 35 heavy (non-hydrogen) atoms. The topological polar surface area (TPSA) is 72.9 Å². The van der Waals surface area contributed by atoms with E-state index in [4.69, 9.17) is 32.7 Å². The smallest absolute Gasteiger partial charge is 0.343 e. The maximum Gasteiger partial charge on any atom is 0.343 e. The van der Waals surface area contributed by atoms with Crippen LogP contribution in [0.15, 0.2) is 65.6 Å². The lowest BCUT2D eigenvalue weighted by molar-refractivity contribution is -0.123. The Bertz CT molecular complexity index is 1350. The van der Waals surface area contributed by atoms with Crippen LogP contribution in [-0.2, 0) is 11.3 Å². The minimum Gasteiger partial charge on any atom is -0.493 e. The molecule has 0 radical (unpaired) electrons. The summed E-state index contributed by atoms with van der Waals surface area (Å²) in [4.78, 5) is 39.3. The second-order valence-electron chi connectivity index (χ2n) is 7.65. The number of hydrogen-bond donors (Lipinski definition) is 0. The third-order valence-electron chi connectivity index (χ3n) is 5.19. The first kappa shape index (κ1) is 24.9. The normalized spacial score (nSPS) is 14.5. The third-order valence-corrected chi connectivity index (χ3v) is 6.75. The highest BCUT2D eigenvalue weighted by Gasteiger charge is 2.35. The lowest BCUT2D eigenvalue weighted by Crippen LogP contribution is -2.27. The van der Waals surface area contributed by atoms with Gasteiger partial charge in [0.25, 0.3) is 11.1 Å². The molecule has 178 valence electrons. The van der Waals surface area contributed by atoms with Crippen LogP contribution >= 0.6 is 35.0 Å². The Labute approximate surface area is 216 Å². The first-order valence-corrected chi connectivity index (χ1v) is 12.0. The number of thioether (sulfide) groups is 1. The first-order valence-electron chi connectivity index (χ1n) is 10.4. The zero-order valence-corrected chi connectivity index (χ0v) is 21.0. The van der Waals surface area contributed by atoms with Gasteiger partial charge < -0.3 is 9.47 Å². The Balaban J connectivity index is 1.57. The van der Waals surface area contributed by atoms with Gasteiger partial charge in [0.05, 0.1) is 29.1 Å². The number of amides is 2. The SMILES string of the molecule is COc1cc(/C=C2\SC(=O)N(Cc3ccccc3Cl)C2=O)cc(Cl)c1OC(=O)c1ccc(C)cc1. The number of benzene rings is 3. The van der Waals surface area contributed by atoms with Gasteiger partial charge in [-0.1, -0.05) is 59.1 Å². The fourth-order valence-electron chi connectivity index (χ4n) is 3.35. The van der Waals surface area contributed by atoms with Crippen molar-refractivity contribution in [2.75, 3.05) is 7.11 Å². The van der Waals surface area contributed by atoms with Crippen molar-refractivity contribution in [2.45, 2.75) is 13.5 Å². The number of esters is 1. The van der Waals surface area contributed by atoms with Crippen LogP contribution in [0.1, 0.15) is 27.0 Å². The lowest BCUT2D eigenvalue weighted by atomic mass is 10.1. The van der Waals surface area contributed by atoms with E-state index in [0.29, 0.717) is 21.7 Å². The average molecular weight is 528 g/mol. The van der Waals surface area contributed by atoms with Crippen LogP contribution in [0.2, 0.25) is 10.0 Å². The number of halogens is 2. The zero-order valence-electron chi connectivity index (χ0n) is 18.7. The molecular weight excluding hydrogens is 509 g/mol. The number of hydrogen-bond acceptors (Lipinski definition) is 6. The highest BCUT2D eigenvalue weighted by Crippen LogP contribution is 2.39. The Morgan fingerprint density at radius 1 is 1.03 bits per heavy atom. The van der Waals surface area contributed by atoms with Crippen molar-refractivity contribution in [1.82, 2.24) is 4.90 Å². The summed E-state index contributed by atoms with van der Waals surface area (Å²) in [5.74, 6) is -0.758. The molecule has 0 bridgehead atoms. The van der Waals surface area contributed by atoms with Gasteiger partial charge in [-0.05, 0) is 66.2 Å². The molecule has 6 nitrogen and oxygen atoms in total. The largest absolute Gasteiger partial charge is 0.493 e. The van der Waals surface area contributed by atoms with E-state index in [9.17, 15) is 14.4 Å². The summed E-state index contributed by atoms with van der Waals surface area (Å²) in [5.41, 5.74) is 2.55. The van der Waals surface area contributed by atoms with E-state index in [0.717, 1.165) is 22.2 Å². The third kappa shape index (κ3) is 5.53. The van der Waals surface area contributed by atoms with Crippen LogP contribution < -0.4 is 9.47 Å². The van der Waals surface area contributed by atoms with Gasteiger partial charge in [0.15, 0.2) is 11.5 Å². The molecule has 0 saturated carbocycles. The number of imide groups is 1. The highest BCUT2D eigenvalue weighted by atomic mass is 35.5. The van der Waals surface area contributed by atoms with Gasteiger partial charge in [0.1, 0.15) is 0 Å². The minimum absolute atomic E-state index is 0.0590. The summed E-state index contributed by atoms with van der Waals surface area (Å²) in [6.07, 6.45) is 1.54. The maximum atomic E-state index is 12.9. The molecule has 1 heterocycles. The second kappa shape index (κ2) is 10.6. The van der Waals surface area contributed by atoms with E-state index >= 15 is 0 Å². The Morgan fingerprint density at radius 2 is 1.74 bits per heavy atom. The number of carbonyl (C=O) groups is 3. The molecule has 9 heteroatoms. The maximum absolute atomic E-state index is 12.9. The standard InChI is InChI=1S/C26H19Cl2NO5S/c1-15-7-9-17(10-8-15)25(31)34-23-20(28)11-16(12-21(23)33-2)13-22-24(30)29(26(32)35-22)14-18-5-3-4-6-19(18)27/h3-13H,14H2,1-2H3/b22-13-. The molecule has 3 aromatic rings. The van der Waals surface area contributed by atoms with Gasteiger partial charge >= 0.3 is 5.97 Å². The fraction of sp³-hybridized carbons (Fsp3) is 0.115. The van der Waals surface area contributed by atoms with Crippen LogP contribution in [0.25, 0.3) is 6.08 Å². The second-order valence-corrected chi connectivity index (χ2v) is 9.46. The summed E-state index contributed by atoms with van der Waals surface area (Å²) in [7, 11) is 1.41. The van der Waals surface area contributed by atoms with Crippen molar-refractivity contribution in [3.63, 3.8) is 0 Å². The molecule has 0 N–H and O–H groups in total. The van der Waals surface area contributed by atoms with E-state index in [-0.39, 0.29) is 28.0 Å². The molecule has 1 saturated heterocycles. The number of rotatable bonds is 6. The molecule has 0 atom stereocenters. The number of carbonyl (C=O) groups excluding carboxylic acids is 3. The van der Waals surface area contributed by atoms with Gasteiger partial charge in [0.2, 0.25) is 0 Å². The van der Waals surface area contributed by atoms with Crippen molar-refractivity contribution in [2.24, 2.45) is 0 Å². The number of ether oxygens (including phenoxy) is 2. The molecule has 0 aliphatic carbocycles. The zero-order chi connectivity index (χ0) is 25.1. The van der Waals surface area contributed by atoms with Crippen molar-refractivity contribution >= 4 is 58.2 Å². The van der Waals surface area contributed by atoms with Crippen molar-refractivity contribution < 1.29 is 23.9 Å². The number of methoxy groups -OCH3 is 1. The molecule has 2 amide bonds. The minimum atomic E-state index is -0.585. The molecular formula is C26H19Cl2NO5S. The van der Waals surface area contributed by atoms with Crippen LogP contribution in [0, 0.1) is 6.92 Å². The van der Waals surface area contributed by atoms with Crippen molar-refractivity contribution in [1.29, 1.82) is 0 Å². The van der Waals surface area contributed by atoms with Gasteiger partial charge in [-0.3, -0.25) is 14.5 Å². The summed E-state index contributed by atoms with van der Waals surface area (Å²) in [5, 5.41) is 0.192. The van der Waals surface area contributed by atoms with Gasteiger partial charge in [-0.25, -0.2) is 4.79 Å². The molecule has 0 aromatic heterocycles. The monoisotopic (exact) mass is 527 g/mol. The van der Waals surface area contributed by atoms with E-state index in [1.54, 1.807) is 54.6 Å². The Hall–Kier alpha value is -3.26. The van der Waals surface area contributed by atoms with E-state index in [1.807, 2.05) is 6.92 Å². The van der Waals surface area contributed by atoms with E-state index in [1.165, 1.54) is 19.3 Å².